The van der Waals surface area contributed by atoms with Crippen LogP contribution in [0.5, 0.6) is 11.5 Å². The molecule has 2 fully saturated rings. The highest BCUT2D eigenvalue weighted by Gasteiger charge is 2.57. The van der Waals surface area contributed by atoms with Gasteiger partial charge < -0.3 is 9.84 Å². The Kier molecular flexibility index (Phi) is 7.86. The number of phenolic OH excluding ortho intramolecular Hbond substituents is 1. The molecule has 2 amide bonds. The number of rotatable bonds is 6. The van der Waals surface area contributed by atoms with Gasteiger partial charge in [-0.3, -0.25) is 29.0 Å². The summed E-state index contributed by atoms with van der Waals surface area (Å²) < 4.78 is 5.84. The van der Waals surface area contributed by atoms with E-state index in [1.165, 1.54) is 16.5 Å². The molecule has 9 heteroatoms. The number of piperidine rings is 1. The summed E-state index contributed by atoms with van der Waals surface area (Å²) in [4.78, 5) is 59.2. The minimum Gasteiger partial charge on any atom is -0.504 e. The highest BCUT2D eigenvalue weighted by Crippen LogP contribution is 2.57. The summed E-state index contributed by atoms with van der Waals surface area (Å²) in [6.45, 7) is 4.59. The average Bonchev–Trinajstić information content (AvgIpc) is 3.30. The highest BCUT2D eigenvalue weighted by molar-refractivity contribution is 9.12. The van der Waals surface area contributed by atoms with E-state index >= 15 is 0 Å². The van der Waals surface area contributed by atoms with E-state index in [-0.39, 0.29) is 51.8 Å². The second-order valence-corrected chi connectivity index (χ2v) is 13.4. The van der Waals surface area contributed by atoms with Crippen LogP contribution in [0.25, 0.3) is 0 Å². The molecule has 0 saturated carbocycles. The number of hydrogen-bond donors (Lipinski definition) is 1. The number of likely N-dealkylation sites (tertiary alicyclic amines) is 2. The van der Waals surface area contributed by atoms with Crippen molar-refractivity contribution in [2.24, 2.45) is 17.8 Å². The van der Waals surface area contributed by atoms with Gasteiger partial charge >= 0.3 is 0 Å². The van der Waals surface area contributed by atoms with Crippen LogP contribution in [0.2, 0.25) is 0 Å². The van der Waals surface area contributed by atoms with Crippen LogP contribution >= 0.6 is 15.9 Å². The Morgan fingerprint density at radius 2 is 1.71 bits per heavy atom. The minimum absolute atomic E-state index is 0.0912. The highest BCUT2D eigenvalue weighted by atomic mass is 79.9. The van der Waals surface area contributed by atoms with Gasteiger partial charge in [0, 0.05) is 54.4 Å². The maximum atomic E-state index is 14.3. The van der Waals surface area contributed by atoms with E-state index < -0.39 is 23.7 Å². The van der Waals surface area contributed by atoms with Gasteiger partial charge in [-0.25, -0.2) is 0 Å². The number of carbonyl (C=O) groups excluding carboxylic acids is 4. The van der Waals surface area contributed by atoms with E-state index in [2.05, 4.69) is 33.0 Å². The number of phenols is 1. The molecule has 2 heterocycles. The fraction of sp³-hybridized carbons (Fsp3) is 0.389. The topological polar surface area (TPSA) is 104 Å². The number of fused-ring (bicyclic) bond motifs is 3. The minimum atomic E-state index is -0.730. The quantitative estimate of drug-likeness (QED) is 0.255. The Morgan fingerprint density at radius 1 is 0.956 bits per heavy atom. The van der Waals surface area contributed by atoms with Gasteiger partial charge in [-0.15, -0.1) is 0 Å². The van der Waals surface area contributed by atoms with Crippen LogP contribution in [0.15, 0.2) is 81.9 Å². The third-order valence-corrected chi connectivity index (χ3v) is 10.8. The first kappa shape index (κ1) is 29.9. The molecule has 45 heavy (non-hydrogen) atoms. The maximum Gasteiger partial charge on any atom is 0.233 e. The fourth-order valence-electron chi connectivity index (χ4n) is 8.17. The number of nitrogens with zero attached hydrogens (tertiary/aromatic N) is 2. The monoisotopic (exact) mass is 670 g/mol. The zero-order chi connectivity index (χ0) is 31.4. The number of aromatic hydroxyl groups is 1. The Bertz CT molecular complexity index is 1690. The molecule has 0 bridgehead atoms. The SMILES string of the molecule is CCOc1cccc(C2C3=CCC4C(=O)N(C5CCN(Cc6ccccc6)CC5)C(=O)C4C3CC3=C2C(=O)C=C(Br)C3=O)c1O. The van der Waals surface area contributed by atoms with E-state index in [1.807, 2.05) is 31.2 Å². The van der Waals surface area contributed by atoms with E-state index in [0.717, 1.165) is 38.0 Å². The van der Waals surface area contributed by atoms with Gasteiger partial charge in [0.1, 0.15) is 0 Å². The molecular weight excluding hydrogens is 636 g/mol. The third kappa shape index (κ3) is 5.00. The number of carbonyl (C=O) groups is 4. The molecule has 4 unspecified atom stereocenters. The largest absolute Gasteiger partial charge is 0.504 e. The molecule has 0 aromatic heterocycles. The van der Waals surface area contributed by atoms with Crippen molar-refractivity contribution < 1.29 is 29.0 Å². The molecule has 2 aliphatic heterocycles. The molecule has 0 spiro atoms. The van der Waals surface area contributed by atoms with Gasteiger partial charge in [0.25, 0.3) is 0 Å². The number of benzene rings is 2. The first-order valence-corrected chi connectivity index (χ1v) is 16.5. The third-order valence-electron chi connectivity index (χ3n) is 10.2. The van der Waals surface area contributed by atoms with E-state index in [9.17, 15) is 24.3 Å². The number of ketones is 2. The maximum absolute atomic E-state index is 14.3. The lowest BCUT2D eigenvalue weighted by Crippen LogP contribution is -2.47. The molecule has 8 nitrogen and oxygen atoms in total. The Labute approximate surface area is 270 Å². The number of halogens is 1. The molecule has 2 saturated heterocycles. The molecule has 4 atom stereocenters. The molecule has 5 aliphatic rings. The van der Waals surface area contributed by atoms with Crippen LogP contribution in [0.3, 0.4) is 0 Å². The Balaban J connectivity index is 1.20. The van der Waals surface area contributed by atoms with Crippen molar-refractivity contribution >= 4 is 39.3 Å². The molecule has 0 radical (unpaired) electrons. The van der Waals surface area contributed by atoms with Crippen molar-refractivity contribution in [1.82, 2.24) is 9.80 Å². The van der Waals surface area contributed by atoms with Gasteiger partial charge in [-0.2, -0.15) is 0 Å². The summed E-state index contributed by atoms with van der Waals surface area (Å²) in [6, 6.07) is 15.3. The summed E-state index contributed by atoms with van der Waals surface area (Å²) >= 11 is 3.27. The number of para-hydroxylation sites is 1. The standard InChI is InChI=1S/C36H35BrN2O6/c1-2-45-29-10-6-9-23(34(29)42)30-22-11-12-24-31(25(22)17-26-32(30)28(40)18-27(37)33(26)41)36(44)39(35(24)43)21-13-15-38(16-14-21)19-20-7-4-3-5-8-20/h3-11,18,21,24-25,30-31,42H,2,12-17,19H2,1H3. The van der Waals surface area contributed by atoms with Crippen molar-refractivity contribution in [3.8, 4) is 11.5 Å². The second kappa shape index (κ2) is 11.8. The van der Waals surface area contributed by atoms with E-state index in [1.54, 1.807) is 18.2 Å². The summed E-state index contributed by atoms with van der Waals surface area (Å²) in [6.07, 6.45) is 5.28. The summed E-state index contributed by atoms with van der Waals surface area (Å²) in [7, 11) is 0. The smallest absolute Gasteiger partial charge is 0.233 e. The summed E-state index contributed by atoms with van der Waals surface area (Å²) in [5, 5.41) is 11.3. The molecule has 2 aromatic carbocycles. The number of ether oxygens (including phenoxy) is 1. The second-order valence-electron chi connectivity index (χ2n) is 12.6. The van der Waals surface area contributed by atoms with Crippen molar-refractivity contribution in [2.45, 2.75) is 51.1 Å². The number of imide groups is 1. The van der Waals surface area contributed by atoms with Gasteiger partial charge in [0.15, 0.2) is 23.1 Å². The van der Waals surface area contributed by atoms with Gasteiger partial charge in [-0.1, -0.05) is 54.1 Å². The number of Topliss-reactive ketones (excluding diaryl/α,β-unsaturated/α-hetero) is 1. The van der Waals surface area contributed by atoms with Crippen LogP contribution in [0, 0.1) is 17.8 Å². The zero-order valence-electron chi connectivity index (χ0n) is 25.1. The van der Waals surface area contributed by atoms with Crippen LogP contribution in [-0.2, 0) is 25.7 Å². The molecule has 232 valence electrons. The van der Waals surface area contributed by atoms with Crippen molar-refractivity contribution in [3.05, 3.63) is 93.0 Å². The molecule has 7 rings (SSSR count). The van der Waals surface area contributed by atoms with E-state index in [0.29, 0.717) is 29.7 Å². The van der Waals surface area contributed by atoms with Crippen LogP contribution in [-0.4, -0.2) is 64.0 Å². The summed E-state index contributed by atoms with van der Waals surface area (Å²) in [5.41, 5.74) is 3.18. The van der Waals surface area contributed by atoms with Gasteiger partial charge in [0.05, 0.1) is 22.9 Å². The predicted octanol–water partition coefficient (Wildman–Crippen LogP) is 5.22. The van der Waals surface area contributed by atoms with Crippen molar-refractivity contribution in [3.63, 3.8) is 0 Å². The number of allylic oxidation sites excluding steroid dienone is 6. The lowest BCUT2D eigenvalue weighted by molar-refractivity contribution is -0.144. The average molecular weight is 672 g/mol. The lowest BCUT2D eigenvalue weighted by Gasteiger charge is -2.42. The number of hydrogen-bond acceptors (Lipinski definition) is 7. The van der Waals surface area contributed by atoms with Gasteiger partial charge in [-0.05, 0) is 66.1 Å². The molecule has 2 aromatic rings. The van der Waals surface area contributed by atoms with Crippen LogP contribution in [0.4, 0.5) is 0 Å². The first-order valence-electron chi connectivity index (χ1n) is 15.8. The predicted molar refractivity (Wildman–Crippen MR) is 170 cm³/mol. The summed E-state index contributed by atoms with van der Waals surface area (Å²) in [5.74, 6) is -3.02. The van der Waals surface area contributed by atoms with Gasteiger partial charge in [0.2, 0.25) is 11.8 Å². The zero-order valence-corrected chi connectivity index (χ0v) is 26.7. The number of amides is 2. The Hall–Kier alpha value is -3.82. The molecule has 1 N–H and O–H groups in total. The fourth-order valence-corrected chi connectivity index (χ4v) is 8.61. The first-order chi connectivity index (χ1) is 21.8. The molecule has 3 aliphatic carbocycles. The van der Waals surface area contributed by atoms with Crippen LogP contribution < -0.4 is 4.74 Å². The van der Waals surface area contributed by atoms with Crippen LogP contribution in [0.1, 0.15) is 49.7 Å². The molecular formula is C36H35BrN2O6. The van der Waals surface area contributed by atoms with Crippen molar-refractivity contribution in [2.75, 3.05) is 19.7 Å². The Morgan fingerprint density at radius 3 is 2.44 bits per heavy atom. The van der Waals surface area contributed by atoms with Crippen molar-refractivity contribution in [1.29, 1.82) is 0 Å². The normalized spacial score (nSPS) is 27.2. The van der Waals surface area contributed by atoms with E-state index in [4.69, 9.17) is 4.74 Å². The lowest BCUT2D eigenvalue weighted by atomic mass is 9.59.